The van der Waals surface area contributed by atoms with Gasteiger partial charge in [0.05, 0.1) is 11.1 Å². The summed E-state index contributed by atoms with van der Waals surface area (Å²) >= 11 is 3.30. The normalized spacial score (nSPS) is 10.8. The molecule has 0 aliphatic rings. The van der Waals surface area contributed by atoms with Crippen molar-refractivity contribution >= 4 is 40.3 Å². The van der Waals surface area contributed by atoms with E-state index in [0.717, 1.165) is 27.2 Å². The van der Waals surface area contributed by atoms with Gasteiger partial charge in [0.2, 0.25) is 0 Å². The van der Waals surface area contributed by atoms with E-state index in [0.29, 0.717) is 12.1 Å². The van der Waals surface area contributed by atoms with E-state index in [2.05, 4.69) is 35.8 Å². The van der Waals surface area contributed by atoms with Crippen LogP contribution in [0.3, 0.4) is 0 Å². The summed E-state index contributed by atoms with van der Waals surface area (Å²) in [7, 11) is 0. The van der Waals surface area contributed by atoms with E-state index in [1.54, 1.807) is 23.5 Å². The topological polar surface area (TPSA) is 42.0 Å². The molecule has 0 saturated carbocycles. The van der Waals surface area contributed by atoms with Gasteiger partial charge in [0.25, 0.3) is 5.91 Å². The fraction of sp³-hybridized carbons (Fsp3) is 0.120. The molecular weight excluding hydrogens is 408 g/mol. The van der Waals surface area contributed by atoms with Crippen LogP contribution in [0.5, 0.6) is 0 Å². The molecule has 0 bridgehead atoms. The van der Waals surface area contributed by atoms with Crippen molar-refractivity contribution in [2.75, 3.05) is 12.8 Å². The second-order valence-electron chi connectivity index (χ2n) is 6.77. The Bertz CT molecular complexity index is 1160. The Balaban J connectivity index is 1.59. The van der Waals surface area contributed by atoms with E-state index in [1.807, 2.05) is 60.7 Å². The molecule has 1 amide bonds. The number of thioether (sulfide) groups is 1. The number of carbonyl (C=O) groups is 1. The average molecular weight is 431 g/mol. The Morgan fingerprint density at radius 1 is 0.900 bits per heavy atom. The number of carbonyl (C=O) groups excluding carboxylic acids is 1. The van der Waals surface area contributed by atoms with E-state index >= 15 is 0 Å². The number of rotatable bonds is 7. The van der Waals surface area contributed by atoms with Crippen LogP contribution in [0, 0.1) is 0 Å². The third-order valence-electron chi connectivity index (χ3n) is 4.76. The van der Waals surface area contributed by atoms with Crippen LogP contribution in [0.15, 0.2) is 99.7 Å². The number of amides is 1. The second-order valence-corrected chi connectivity index (χ2v) is 8.68. The first kappa shape index (κ1) is 20.5. The number of benzene rings is 3. The van der Waals surface area contributed by atoms with Crippen molar-refractivity contribution in [3.05, 3.63) is 96.1 Å². The third kappa shape index (κ3) is 4.86. The number of fused-ring (bicyclic) bond motifs is 1. The van der Waals surface area contributed by atoms with Gasteiger partial charge >= 0.3 is 0 Å². The van der Waals surface area contributed by atoms with Crippen molar-refractivity contribution in [3.8, 4) is 0 Å². The number of pyridine rings is 1. The van der Waals surface area contributed by atoms with Crippen molar-refractivity contribution in [1.82, 2.24) is 10.3 Å². The molecule has 0 aliphatic heterocycles. The van der Waals surface area contributed by atoms with E-state index in [-0.39, 0.29) is 5.91 Å². The number of hydrogen-bond acceptors (Lipinski definition) is 4. The van der Waals surface area contributed by atoms with Crippen LogP contribution in [0.1, 0.15) is 15.9 Å². The molecule has 3 aromatic carbocycles. The Labute approximate surface area is 185 Å². The number of aromatic nitrogens is 1. The van der Waals surface area contributed by atoms with Gasteiger partial charge in [-0.3, -0.25) is 4.79 Å². The largest absolute Gasteiger partial charge is 0.352 e. The first-order valence-electron chi connectivity index (χ1n) is 9.77. The number of nitrogens with zero attached hydrogens (tertiary/aromatic N) is 1. The molecule has 4 aromatic rings. The Kier molecular flexibility index (Phi) is 6.72. The molecule has 0 unspecified atom stereocenters. The molecule has 1 heterocycles. The third-order valence-corrected chi connectivity index (χ3v) is 6.68. The highest BCUT2D eigenvalue weighted by atomic mass is 32.2. The van der Waals surface area contributed by atoms with Crippen LogP contribution < -0.4 is 5.32 Å². The molecule has 0 aliphatic carbocycles. The summed E-state index contributed by atoms with van der Waals surface area (Å²) in [4.78, 5) is 20.2. The van der Waals surface area contributed by atoms with E-state index < -0.39 is 0 Å². The molecule has 5 heteroatoms. The highest BCUT2D eigenvalue weighted by Crippen LogP contribution is 2.35. The molecule has 3 nitrogen and oxygen atoms in total. The van der Waals surface area contributed by atoms with Crippen molar-refractivity contribution in [2.45, 2.75) is 21.2 Å². The zero-order chi connectivity index (χ0) is 20.8. The minimum atomic E-state index is -0.0652. The van der Waals surface area contributed by atoms with Crippen molar-refractivity contribution in [3.63, 3.8) is 0 Å². The molecule has 0 atom stereocenters. The molecular formula is C25H22N2OS2. The van der Waals surface area contributed by atoms with Gasteiger partial charge in [0, 0.05) is 21.7 Å². The minimum Gasteiger partial charge on any atom is -0.352 e. The molecule has 0 spiro atoms. The summed E-state index contributed by atoms with van der Waals surface area (Å²) in [6.07, 6.45) is 2.87. The van der Waals surface area contributed by atoms with Crippen LogP contribution in [-0.2, 0) is 6.42 Å². The lowest BCUT2D eigenvalue weighted by Gasteiger charge is -2.11. The molecule has 0 saturated heterocycles. The van der Waals surface area contributed by atoms with Gasteiger partial charge in [-0.25, -0.2) is 4.98 Å². The molecule has 1 N–H and O–H groups in total. The minimum absolute atomic E-state index is 0.0652. The highest BCUT2D eigenvalue weighted by molar-refractivity contribution is 8.02. The van der Waals surface area contributed by atoms with E-state index in [1.165, 1.54) is 10.5 Å². The fourth-order valence-electron chi connectivity index (χ4n) is 3.27. The molecule has 0 radical (unpaired) electrons. The molecule has 4 rings (SSSR count). The summed E-state index contributed by atoms with van der Waals surface area (Å²) in [6, 6.07) is 28.2. The lowest BCUT2D eigenvalue weighted by Crippen LogP contribution is -2.26. The smallest absolute Gasteiger partial charge is 0.252 e. The number of nitrogens with one attached hydrogen (secondary N) is 1. The predicted molar refractivity (Wildman–Crippen MR) is 127 cm³/mol. The fourth-order valence-corrected chi connectivity index (χ4v) is 4.99. The van der Waals surface area contributed by atoms with Gasteiger partial charge in [0.15, 0.2) is 0 Å². The summed E-state index contributed by atoms with van der Waals surface area (Å²) in [6.45, 7) is 0.595. The standard InChI is InChI=1S/C25H22N2OS2/c1-29-22-13-7-8-14-23(22)30-24-17-20(19-11-5-6-12-21(19)27-24)25(28)26-16-15-18-9-3-2-4-10-18/h2-14,17H,15-16H2,1H3,(H,26,28). The number of para-hydroxylation sites is 1. The first-order chi connectivity index (χ1) is 14.7. The lowest BCUT2D eigenvalue weighted by atomic mass is 10.1. The summed E-state index contributed by atoms with van der Waals surface area (Å²) < 4.78 is 0. The molecule has 150 valence electrons. The Morgan fingerprint density at radius 2 is 1.60 bits per heavy atom. The van der Waals surface area contributed by atoms with Crippen molar-refractivity contribution in [2.24, 2.45) is 0 Å². The van der Waals surface area contributed by atoms with Gasteiger partial charge < -0.3 is 5.32 Å². The molecule has 0 fully saturated rings. The molecule has 30 heavy (non-hydrogen) atoms. The first-order valence-corrected chi connectivity index (χ1v) is 11.8. The summed E-state index contributed by atoms with van der Waals surface area (Å²) in [5.74, 6) is -0.0652. The van der Waals surface area contributed by atoms with Crippen LogP contribution in [0.4, 0.5) is 0 Å². The maximum Gasteiger partial charge on any atom is 0.252 e. The van der Waals surface area contributed by atoms with Gasteiger partial charge in [-0.15, -0.1) is 11.8 Å². The van der Waals surface area contributed by atoms with Gasteiger partial charge in [-0.2, -0.15) is 0 Å². The van der Waals surface area contributed by atoms with Crippen LogP contribution in [0.2, 0.25) is 0 Å². The van der Waals surface area contributed by atoms with Gasteiger partial charge in [0.1, 0.15) is 5.03 Å². The Morgan fingerprint density at radius 3 is 2.40 bits per heavy atom. The van der Waals surface area contributed by atoms with Crippen molar-refractivity contribution < 1.29 is 4.79 Å². The predicted octanol–water partition coefficient (Wildman–Crippen LogP) is 6.08. The zero-order valence-corrected chi connectivity index (χ0v) is 18.3. The van der Waals surface area contributed by atoms with Gasteiger partial charge in [-0.05, 0) is 42.5 Å². The number of hydrogen-bond donors (Lipinski definition) is 1. The van der Waals surface area contributed by atoms with Gasteiger partial charge in [-0.1, -0.05) is 72.4 Å². The van der Waals surface area contributed by atoms with Crippen LogP contribution in [0.25, 0.3) is 10.9 Å². The summed E-state index contributed by atoms with van der Waals surface area (Å²) in [5.41, 5.74) is 2.71. The van der Waals surface area contributed by atoms with E-state index in [9.17, 15) is 4.79 Å². The maximum absolute atomic E-state index is 13.0. The summed E-state index contributed by atoms with van der Waals surface area (Å²) in [5, 5.41) is 4.77. The van der Waals surface area contributed by atoms with Crippen molar-refractivity contribution in [1.29, 1.82) is 0 Å². The Hall–Kier alpha value is -2.76. The SMILES string of the molecule is CSc1ccccc1Sc1cc(C(=O)NCCc2ccccc2)c2ccccc2n1. The van der Waals surface area contributed by atoms with E-state index in [4.69, 9.17) is 4.98 Å². The quantitative estimate of drug-likeness (QED) is 0.361. The maximum atomic E-state index is 13.0. The zero-order valence-electron chi connectivity index (χ0n) is 16.7. The molecule has 1 aromatic heterocycles. The highest BCUT2D eigenvalue weighted by Gasteiger charge is 2.14. The lowest BCUT2D eigenvalue weighted by molar-refractivity contribution is 0.0955. The van der Waals surface area contributed by atoms with Crippen LogP contribution >= 0.6 is 23.5 Å². The monoisotopic (exact) mass is 430 g/mol. The average Bonchev–Trinajstić information content (AvgIpc) is 2.79. The second kappa shape index (κ2) is 9.83. The van der Waals surface area contributed by atoms with Crippen LogP contribution in [-0.4, -0.2) is 23.7 Å².